The van der Waals surface area contributed by atoms with Gasteiger partial charge in [0, 0.05) is 32.4 Å². The fourth-order valence-corrected chi connectivity index (χ4v) is 2.54. The molecule has 24 heavy (non-hydrogen) atoms. The summed E-state index contributed by atoms with van der Waals surface area (Å²) in [6.45, 7) is 1.61. The number of carboxylic acids is 1. The predicted molar refractivity (Wildman–Crippen MR) is 84.8 cm³/mol. The number of methoxy groups -OCH3 is 1. The largest absolute Gasteiger partial charge is 0.477 e. The monoisotopic (exact) mass is 335 g/mol. The number of hydrogen-bond acceptors (Lipinski definition) is 5. The van der Waals surface area contributed by atoms with Gasteiger partial charge in [0.2, 0.25) is 5.91 Å². The average Bonchev–Trinajstić information content (AvgIpc) is 2.60. The van der Waals surface area contributed by atoms with Gasteiger partial charge in [-0.05, 0) is 25.0 Å². The third-order valence-electron chi connectivity index (χ3n) is 3.95. The zero-order valence-electron chi connectivity index (χ0n) is 13.5. The first-order chi connectivity index (χ1) is 11.5. The van der Waals surface area contributed by atoms with Gasteiger partial charge in [0.15, 0.2) is 0 Å². The fraction of sp³-hybridized carbons (Fsp3) is 0.500. The smallest absolute Gasteiger partial charge is 0.354 e. The van der Waals surface area contributed by atoms with Gasteiger partial charge in [-0.1, -0.05) is 0 Å². The summed E-state index contributed by atoms with van der Waals surface area (Å²) in [5.41, 5.74) is 0.216. The summed E-state index contributed by atoms with van der Waals surface area (Å²) in [7, 11) is 1.56. The Hall–Kier alpha value is -2.48. The zero-order valence-corrected chi connectivity index (χ0v) is 13.5. The van der Waals surface area contributed by atoms with E-state index < -0.39 is 5.97 Å². The lowest BCUT2D eigenvalue weighted by atomic mass is 10.0. The lowest BCUT2D eigenvalue weighted by Crippen LogP contribution is -2.46. The first kappa shape index (κ1) is 17.9. The summed E-state index contributed by atoms with van der Waals surface area (Å²) < 4.78 is 4.90. The minimum absolute atomic E-state index is 0.0110. The Morgan fingerprint density at radius 2 is 2.04 bits per heavy atom. The highest BCUT2D eigenvalue weighted by Gasteiger charge is 2.24. The lowest BCUT2D eigenvalue weighted by Gasteiger charge is -2.32. The Labute approximate surface area is 139 Å². The number of pyridine rings is 1. The molecule has 0 aromatic carbocycles. The second-order valence-electron chi connectivity index (χ2n) is 5.61. The molecule has 1 aromatic rings. The second-order valence-corrected chi connectivity index (χ2v) is 5.61. The Kier molecular flexibility index (Phi) is 6.25. The van der Waals surface area contributed by atoms with Crippen molar-refractivity contribution in [3.8, 4) is 0 Å². The van der Waals surface area contributed by atoms with Crippen LogP contribution in [-0.2, 0) is 9.53 Å². The number of rotatable bonds is 6. The maximum Gasteiger partial charge on any atom is 0.354 e. The molecular formula is C16H21N3O5. The predicted octanol–water partition coefficient (Wildman–Crippen LogP) is 0.537. The van der Waals surface area contributed by atoms with Crippen LogP contribution in [-0.4, -0.2) is 65.6 Å². The SMILES string of the molecule is COCCC(=O)N1CCC(NC(=O)c2ccc(C(=O)O)nc2)CC1. The van der Waals surface area contributed by atoms with Crippen LogP contribution in [0.4, 0.5) is 0 Å². The van der Waals surface area contributed by atoms with Crippen LogP contribution < -0.4 is 5.32 Å². The second kappa shape index (κ2) is 8.39. The Balaban J connectivity index is 1.81. The standard InChI is InChI=1S/C16H21N3O5/c1-24-9-6-14(20)19-7-4-12(5-8-19)18-15(21)11-2-3-13(16(22)23)17-10-11/h2-3,10,12H,4-9H2,1H3,(H,18,21)(H,22,23). The summed E-state index contributed by atoms with van der Waals surface area (Å²) in [4.78, 5) is 40.3. The molecule has 8 nitrogen and oxygen atoms in total. The number of nitrogens with one attached hydrogen (secondary N) is 1. The molecule has 2 rings (SSSR count). The van der Waals surface area contributed by atoms with Crippen molar-refractivity contribution in [2.45, 2.75) is 25.3 Å². The number of aromatic nitrogens is 1. The molecule has 0 saturated carbocycles. The summed E-state index contributed by atoms with van der Waals surface area (Å²) in [5.74, 6) is -1.36. The van der Waals surface area contributed by atoms with Crippen LogP contribution in [0.3, 0.4) is 0 Å². The van der Waals surface area contributed by atoms with Crippen LogP contribution in [0.25, 0.3) is 0 Å². The normalized spacial score (nSPS) is 15.1. The van der Waals surface area contributed by atoms with Crippen molar-refractivity contribution >= 4 is 17.8 Å². The first-order valence-electron chi connectivity index (χ1n) is 7.78. The van der Waals surface area contributed by atoms with E-state index in [0.29, 0.717) is 44.5 Å². The molecule has 1 aromatic heterocycles. The minimum atomic E-state index is -1.13. The Bertz CT molecular complexity index is 594. The molecule has 130 valence electrons. The molecule has 1 aliphatic heterocycles. The zero-order chi connectivity index (χ0) is 17.5. The molecule has 0 radical (unpaired) electrons. The molecule has 2 amide bonds. The van der Waals surface area contributed by atoms with Crippen LogP contribution in [0.2, 0.25) is 0 Å². The van der Waals surface area contributed by atoms with Gasteiger partial charge < -0.3 is 20.1 Å². The van der Waals surface area contributed by atoms with Crippen LogP contribution in [0.1, 0.15) is 40.1 Å². The van der Waals surface area contributed by atoms with E-state index in [2.05, 4.69) is 10.3 Å². The molecular weight excluding hydrogens is 314 g/mol. The Morgan fingerprint density at radius 3 is 2.58 bits per heavy atom. The van der Waals surface area contributed by atoms with E-state index in [4.69, 9.17) is 9.84 Å². The molecule has 0 atom stereocenters. The number of hydrogen-bond donors (Lipinski definition) is 2. The summed E-state index contributed by atoms with van der Waals surface area (Å²) in [6, 6.07) is 2.73. The van der Waals surface area contributed by atoms with Crippen LogP contribution in [0, 0.1) is 0 Å². The van der Waals surface area contributed by atoms with Gasteiger partial charge in [-0.2, -0.15) is 0 Å². The van der Waals surface area contributed by atoms with E-state index in [1.54, 1.807) is 12.0 Å². The van der Waals surface area contributed by atoms with Crippen molar-refractivity contribution in [3.05, 3.63) is 29.6 Å². The van der Waals surface area contributed by atoms with Crippen LogP contribution in [0.15, 0.2) is 18.3 Å². The molecule has 0 aliphatic carbocycles. The first-order valence-corrected chi connectivity index (χ1v) is 7.78. The van der Waals surface area contributed by atoms with Gasteiger partial charge in [-0.25, -0.2) is 9.78 Å². The molecule has 1 fully saturated rings. The third-order valence-corrected chi connectivity index (χ3v) is 3.95. The van der Waals surface area contributed by atoms with Gasteiger partial charge in [0.25, 0.3) is 5.91 Å². The van der Waals surface area contributed by atoms with Crippen molar-refractivity contribution in [1.82, 2.24) is 15.2 Å². The average molecular weight is 335 g/mol. The third kappa shape index (κ3) is 4.76. The van der Waals surface area contributed by atoms with Crippen molar-refractivity contribution in [2.75, 3.05) is 26.8 Å². The lowest BCUT2D eigenvalue weighted by molar-refractivity contribution is -0.133. The molecule has 0 spiro atoms. The van der Waals surface area contributed by atoms with E-state index in [1.807, 2.05) is 0 Å². The maximum atomic E-state index is 12.2. The highest BCUT2D eigenvalue weighted by atomic mass is 16.5. The fourth-order valence-electron chi connectivity index (χ4n) is 2.54. The van der Waals surface area contributed by atoms with Crippen molar-refractivity contribution in [3.63, 3.8) is 0 Å². The van der Waals surface area contributed by atoms with E-state index >= 15 is 0 Å². The maximum absolute atomic E-state index is 12.2. The summed E-state index contributed by atoms with van der Waals surface area (Å²) in [5, 5.41) is 11.7. The summed E-state index contributed by atoms with van der Waals surface area (Å²) in [6.07, 6.45) is 2.99. The van der Waals surface area contributed by atoms with Gasteiger partial charge in [0.05, 0.1) is 18.6 Å². The number of nitrogens with zero attached hydrogens (tertiary/aromatic N) is 2. The number of aromatic carboxylic acids is 1. The van der Waals surface area contributed by atoms with E-state index in [9.17, 15) is 14.4 Å². The molecule has 8 heteroatoms. The number of carbonyl (C=O) groups is 3. The van der Waals surface area contributed by atoms with Gasteiger partial charge in [0.1, 0.15) is 5.69 Å². The molecule has 2 heterocycles. The topological polar surface area (TPSA) is 109 Å². The highest BCUT2D eigenvalue weighted by Crippen LogP contribution is 2.12. The number of piperidine rings is 1. The van der Waals surface area contributed by atoms with Crippen LogP contribution in [0.5, 0.6) is 0 Å². The van der Waals surface area contributed by atoms with Gasteiger partial charge in [-0.3, -0.25) is 9.59 Å². The quantitative estimate of drug-likeness (QED) is 0.785. The number of carbonyl (C=O) groups excluding carboxylic acids is 2. The molecule has 2 N–H and O–H groups in total. The van der Waals surface area contributed by atoms with Gasteiger partial charge >= 0.3 is 5.97 Å². The van der Waals surface area contributed by atoms with Crippen molar-refractivity contribution < 1.29 is 24.2 Å². The van der Waals surface area contributed by atoms with Crippen molar-refractivity contribution in [1.29, 1.82) is 0 Å². The molecule has 0 bridgehead atoms. The van der Waals surface area contributed by atoms with Crippen LogP contribution >= 0.6 is 0 Å². The number of likely N-dealkylation sites (tertiary alicyclic amines) is 1. The van der Waals surface area contributed by atoms with Gasteiger partial charge in [-0.15, -0.1) is 0 Å². The van der Waals surface area contributed by atoms with E-state index in [-0.39, 0.29) is 23.6 Å². The molecule has 1 saturated heterocycles. The summed E-state index contributed by atoms with van der Waals surface area (Å²) >= 11 is 0. The van der Waals surface area contributed by atoms with E-state index in [0.717, 1.165) is 0 Å². The number of amides is 2. The highest BCUT2D eigenvalue weighted by molar-refractivity contribution is 5.95. The molecule has 0 unspecified atom stereocenters. The molecule has 1 aliphatic rings. The minimum Gasteiger partial charge on any atom is -0.477 e. The van der Waals surface area contributed by atoms with E-state index in [1.165, 1.54) is 18.3 Å². The Morgan fingerprint density at radius 1 is 1.33 bits per heavy atom. The van der Waals surface area contributed by atoms with Crippen molar-refractivity contribution in [2.24, 2.45) is 0 Å². The number of carboxylic acid groups (broad SMARTS) is 1. The number of ether oxygens (including phenoxy) is 1.